The Morgan fingerprint density at radius 1 is 1.22 bits per heavy atom. The van der Waals surface area contributed by atoms with Crippen LogP contribution in [-0.2, 0) is 22.4 Å². The van der Waals surface area contributed by atoms with Gasteiger partial charge in [-0.2, -0.15) is 0 Å². The zero-order valence-electron chi connectivity index (χ0n) is 13.8. The fraction of sp³-hybridized carbons (Fsp3) is 0.579. The van der Waals surface area contributed by atoms with Crippen LogP contribution in [0.15, 0.2) is 18.2 Å². The van der Waals surface area contributed by atoms with Gasteiger partial charge in [-0.3, -0.25) is 9.59 Å². The average molecular weight is 315 g/mol. The first-order valence-corrected chi connectivity index (χ1v) is 8.75. The summed E-state index contributed by atoms with van der Waals surface area (Å²) in [4.78, 5) is 24.7. The molecule has 0 saturated heterocycles. The fourth-order valence-electron chi connectivity index (χ4n) is 3.24. The maximum Gasteiger partial charge on any atom is 0.307 e. The normalized spacial score (nSPS) is 18.1. The van der Waals surface area contributed by atoms with E-state index in [1.54, 1.807) is 6.92 Å². The zero-order valence-corrected chi connectivity index (χ0v) is 13.8. The Balaban J connectivity index is 1.74. The number of ether oxygens (including phenoxy) is 1. The van der Waals surface area contributed by atoms with Crippen LogP contribution in [0.5, 0.6) is 0 Å². The molecular weight excluding hydrogens is 290 g/mol. The standard InChI is InChI=1S/C19H25NO3/c1-2-23-18(21)12-17(20-16-9-10-16)19(22)15-8-7-13-5-3-4-6-14(13)11-15/h7-8,11,16-17,20H,2-6,9-10,12H2,1H3. The lowest BCUT2D eigenvalue weighted by Crippen LogP contribution is -2.40. The number of ketones is 1. The molecule has 1 atom stereocenters. The highest BCUT2D eigenvalue weighted by atomic mass is 16.5. The van der Waals surface area contributed by atoms with E-state index in [-0.39, 0.29) is 18.2 Å². The number of esters is 1. The van der Waals surface area contributed by atoms with Crippen LogP contribution in [0.1, 0.15) is 60.5 Å². The second kappa shape index (κ2) is 7.26. The lowest BCUT2D eigenvalue weighted by molar-refractivity contribution is -0.143. The number of Topliss-reactive ketones (excluding diaryl/α,β-unsaturated/α-hetero) is 1. The van der Waals surface area contributed by atoms with E-state index in [0.717, 1.165) is 25.7 Å². The van der Waals surface area contributed by atoms with Gasteiger partial charge in [-0.1, -0.05) is 12.1 Å². The number of aryl methyl sites for hydroxylation is 2. The summed E-state index contributed by atoms with van der Waals surface area (Å²) in [6.07, 6.45) is 6.85. The lowest BCUT2D eigenvalue weighted by atomic mass is 9.88. The second-order valence-corrected chi connectivity index (χ2v) is 6.56. The summed E-state index contributed by atoms with van der Waals surface area (Å²) in [6.45, 7) is 2.13. The van der Waals surface area contributed by atoms with Crippen molar-refractivity contribution in [3.63, 3.8) is 0 Å². The van der Waals surface area contributed by atoms with Gasteiger partial charge in [0, 0.05) is 11.6 Å². The number of rotatable bonds is 7. The van der Waals surface area contributed by atoms with Crippen LogP contribution in [0.25, 0.3) is 0 Å². The molecule has 0 aliphatic heterocycles. The van der Waals surface area contributed by atoms with Crippen LogP contribution >= 0.6 is 0 Å². The summed E-state index contributed by atoms with van der Waals surface area (Å²) < 4.78 is 5.02. The van der Waals surface area contributed by atoms with Crippen molar-refractivity contribution in [2.75, 3.05) is 6.61 Å². The summed E-state index contributed by atoms with van der Waals surface area (Å²) in [5.41, 5.74) is 3.38. The van der Waals surface area contributed by atoms with E-state index in [9.17, 15) is 9.59 Å². The molecule has 0 bridgehead atoms. The molecule has 23 heavy (non-hydrogen) atoms. The monoisotopic (exact) mass is 315 g/mol. The summed E-state index contributed by atoms with van der Waals surface area (Å²) in [7, 11) is 0. The van der Waals surface area contributed by atoms with E-state index >= 15 is 0 Å². The van der Waals surface area contributed by atoms with Crippen molar-refractivity contribution in [3.05, 3.63) is 34.9 Å². The van der Waals surface area contributed by atoms with Gasteiger partial charge in [0.15, 0.2) is 5.78 Å². The molecule has 1 fully saturated rings. The van der Waals surface area contributed by atoms with Gasteiger partial charge >= 0.3 is 5.97 Å². The van der Waals surface area contributed by atoms with Gasteiger partial charge in [-0.05, 0) is 62.6 Å². The minimum atomic E-state index is -0.469. The van der Waals surface area contributed by atoms with Gasteiger partial charge in [-0.25, -0.2) is 0 Å². The van der Waals surface area contributed by atoms with Crippen molar-refractivity contribution < 1.29 is 14.3 Å². The Kier molecular flexibility index (Phi) is 5.11. The number of hydrogen-bond donors (Lipinski definition) is 1. The lowest BCUT2D eigenvalue weighted by Gasteiger charge is -2.19. The molecule has 1 unspecified atom stereocenters. The molecule has 0 radical (unpaired) electrons. The third-order valence-electron chi connectivity index (χ3n) is 4.64. The topological polar surface area (TPSA) is 55.4 Å². The molecule has 3 rings (SSSR count). The van der Waals surface area contributed by atoms with Gasteiger partial charge < -0.3 is 10.1 Å². The molecule has 1 saturated carbocycles. The van der Waals surface area contributed by atoms with Gasteiger partial charge in [0.25, 0.3) is 0 Å². The van der Waals surface area contributed by atoms with Crippen molar-refractivity contribution in [2.45, 2.75) is 64.0 Å². The van der Waals surface area contributed by atoms with Crippen LogP contribution in [0, 0.1) is 0 Å². The van der Waals surface area contributed by atoms with E-state index in [0.29, 0.717) is 18.2 Å². The molecule has 1 N–H and O–H groups in total. The Labute approximate surface area is 137 Å². The van der Waals surface area contributed by atoms with Gasteiger partial charge in [0.2, 0.25) is 0 Å². The Morgan fingerprint density at radius 2 is 1.96 bits per heavy atom. The number of benzene rings is 1. The van der Waals surface area contributed by atoms with Crippen LogP contribution in [-0.4, -0.2) is 30.4 Å². The molecule has 124 valence electrons. The molecule has 4 heteroatoms. The van der Waals surface area contributed by atoms with Crippen LogP contribution < -0.4 is 5.32 Å². The maximum atomic E-state index is 12.9. The predicted molar refractivity (Wildman–Crippen MR) is 88.6 cm³/mol. The van der Waals surface area contributed by atoms with Crippen molar-refractivity contribution >= 4 is 11.8 Å². The Hall–Kier alpha value is -1.68. The highest BCUT2D eigenvalue weighted by molar-refractivity contribution is 6.02. The zero-order chi connectivity index (χ0) is 16.2. The van der Waals surface area contributed by atoms with E-state index in [1.165, 1.54) is 24.0 Å². The average Bonchev–Trinajstić information content (AvgIpc) is 3.37. The van der Waals surface area contributed by atoms with E-state index in [4.69, 9.17) is 4.74 Å². The Bertz CT molecular complexity index is 592. The molecule has 0 spiro atoms. The number of carbonyl (C=O) groups excluding carboxylic acids is 2. The molecule has 0 aromatic heterocycles. The minimum Gasteiger partial charge on any atom is -0.466 e. The first-order valence-electron chi connectivity index (χ1n) is 8.75. The van der Waals surface area contributed by atoms with Crippen molar-refractivity contribution in [1.29, 1.82) is 0 Å². The molecular formula is C19H25NO3. The largest absolute Gasteiger partial charge is 0.466 e. The first-order chi connectivity index (χ1) is 11.2. The number of carbonyl (C=O) groups is 2. The van der Waals surface area contributed by atoms with Crippen LogP contribution in [0.3, 0.4) is 0 Å². The molecule has 4 nitrogen and oxygen atoms in total. The van der Waals surface area contributed by atoms with E-state index in [2.05, 4.69) is 11.4 Å². The minimum absolute atomic E-state index is 0.0123. The highest BCUT2D eigenvalue weighted by Gasteiger charge is 2.31. The molecule has 1 aromatic rings. The molecule has 2 aliphatic rings. The maximum absolute atomic E-state index is 12.9. The van der Waals surface area contributed by atoms with Crippen molar-refractivity contribution in [1.82, 2.24) is 5.32 Å². The van der Waals surface area contributed by atoms with Crippen molar-refractivity contribution in [2.24, 2.45) is 0 Å². The summed E-state index contributed by atoms with van der Waals surface area (Å²) in [5, 5.41) is 3.31. The Morgan fingerprint density at radius 3 is 2.65 bits per heavy atom. The summed E-state index contributed by atoms with van der Waals surface area (Å²) in [6, 6.07) is 5.93. The second-order valence-electron chi connectivity index (χ2n) is 6.56. The van der Waals surface area contributed by atoms with E-state index in [1.807, 2.05) is 12.1 Å². The SMILES string of the molecule is CCOC(=O)CC(NC1CC1)C(=O)c1ccc2c(c1)CCCC2. The first kappa shape index (κ1) is 16.2. The van der Waals surface area contributed by atoms with Gasteiger partial charge in [-0.15, -0.1) is 0 Å². The molecule has 0 heterocycles. The number of fused-ring (bicyclic) bond motifs is 1. The molecule has 1 aromatic carbocycles. The van der Waals surface area contributed by atoms with Gasteiger partial charge in [0.1, 0.15) is 0 Å². The van der Waals surface area contributed by atoms with Crippen LogP contribution in [0.4, 0.5) is 0 Å². The van der Waals surface area contributed by atoms with Crippen LogP contribution in [0.2, 0.25) is 0 Å². The molecule has 0 amide bonds. The third kappa shape index (κ3) is 4.20. The quantitative estimate of drug-likeness (QED) is 0.621. The third-order valence-corrected chi connectivity index (χ3v) is 4.64. The summed E-state index contributed by atoms with van der Waals surface area (Å²) in [5.74, 6) is -0.296. The molecule has 2 aliphatic carbocycles. The number of nitrogens with one attached hydrogen (secondary N) is 1. The smallest absolute Gasteiger partial charge is 0.307 e. The number of hydrogen-bond acceptors (Lipinski definition) is 4. The van der Waals surface area contributed by atoms with E-state index < -0.39 is 6.04 Å². The van der Waals surface area contributed by atoms with Gasteiger partial charge in [0.05, 0.1) is 19.1 Å². The predicted octanol–water partition coefficient (Wildman–Crippen LogP) is 2.82. The fourth-order valence-corrected chi connectivity index (χ4v) is 3.24. The van der Waals surface area contributed by atoms with Crippen molar-refractivity contribution in [3.8, 4) is 0 Å². The highest BCUT2D eigenvalue weighted by Crippen LogP contribution is 2.24. The summed E-state index contributed by atoms with van der Waals surface area (Å²) >= 11 is 0.